The number of methoxy groups -OCH3 is 1. The molecule has 2 unspecified atom stereocenters. The first-order valence-electron chi connectivity index (χ1n) is 4.43. The van der Waals surface area contributed by atoms with Gasteiger partial charge in [-0.05, 0) is 26.7 Å². The lowest BCUT2D eigenvalue weighted by Gasteiger charge is -2.25. The third kappa shape index (κ3) is 3.74. The number of ether oxygens (including phenoxy) is 1. The molecule has 4 heteroatoms. The van der Waals surface area contributed by atoms with E-state index in [4.69, 9.17) is 10.8 Å². The van der Waals surface area contributed by atoms with E-state index in [1.165, 1.54) is 7.11 Å². The minimum Gasteiger partial charge on any atom is -0.469 e. The molecule has 0 fully saturated rings. The van der Waals surface area contributed by atoms with Crippen molar-refractivity contribution in [2.45, 2.75) is 32.8 Å². The monoisotopic (exact) mass is 189 g/mol. The molecule has 0 saturated carbocycles. The lowest BCUT2D eigenvalue weighted by molar-refractivity contribution is -0.151. The molecule has 0 aromatic carbocycles. The smallest absolute Gasteiger partial charge is 0.312 e. The molecule has 2 atom stereocenters. The summed E-state index contributed by atoms with van der Waals surface area (Å²) in [5.74, 6) is -0.310. The van der Waals surface area contributed by atoms with Gasteiger partial charge in [0.2, 0.25) is 0 Å². The Hall–Kier alpha value is -0.610. The lowest BCUT2D eigenvalue weighted by atomic mass is 9.85. The number of hydrogen-bond donors (Lipinski definition) is 2. The van der Waals surface area contributed by atoms with Crippen molar-refractivity contribution in [1.82, 2.24) is 0 Å². The van der Waals surface area contributed by atoms with Crippen LogP contribution in [0.1, 0.15) is 26.7 Å². The van der Waals surface area contributed by atoms with Crippen molar-refractivity contribution in [1.29, 1.82) is 0 Å². The van der Waals surface area contributed by atoms with Crippen LogP contribution in [0.15, 0.2) is 0 Å². The van der Waals surface area contributed by atoms with E-state index >= 15 is 0 Å². The Morgan fingerprint density at radius 2 is 2.23 bits per heavy atom. The summed E-state index contributed by atoms with van der Waals surface area (Å²) in [5, 5.41) is 9.07. The average Bonchev–Trinajstić information content (AvgIpc) is 2.12. The molecule has 0 aliphatic heterocycles. The molecular formula is C9H19NO3. The third-order valence-corrected chi connectivity index (χ3v) is 2.24. The number of aliphatic hydroxyl groups is 1. The Bertz CT molecular complexity index is 170. The quantitative estimate of drug-likeness (QED) is 0.609. The molecule has 78 valence electrons. The number of carbonyl (C=O) groups excluding carboxylic acids is 1. The highest BCUT2D eigenvalue weighted by molar-refractivity contribution is 5.76. The largest absolute Gasteiger partial charge is 0.469 e. The Morgan fingerprint density at radius 3 is 2.54 bits per heavy atom. The van der Waals surface area contributed by atoms with Crippen LogP contribution >= 0.6 is 0 Å². The third-order valence-electron chi connectivity index (χ3n) is 2.24. The predicted molar refractivity (Wildman–Crippen MR) is 50.1 cm³/mol. The summed E-state index contributed by atoms with van der Waals surface area (Å²) in [5.41, 5.74) is 4.83. The molecule has 0 bridgehead atoms. The summed E-state index contributed by atoms with van der Waals surface area (Å²) < 4.78 is 4.64. The Kier molecular flexibility index (Phi) is 4.95. The van der Waals surface area contributed by atoms with Gasteiger partial charge in [-0.2, -0.15) is 0 Å². The molecule has 0 spiro atoms. The van der Waals surface area contributed by atoms with Gasteiger partial charge in [0.25, 0.3) is 0 Å². The van der Waals surface area contributed by atoms with E-state index in [1.54, 1.807) is 13.8 Å². The van der Waals surface area contributed by atoms with Crippen molar-refractivity contribution in [3.63, 3.8) is 0 Å². The molecule has 0 saturated heterocycles. The van der Waals surface area contributed by atoms with Crippen LogP contribution in [0, 0.1) is 5.41 Å². The molecule has 0 aromatic heterocycles. The van der Waals surface area contributed by atoms with Crippen LogP contribution in [0.2, 0.25) is 0 Å². The molecule has 0 amide bonds. The van der Waals surface area contributed by atoms with Crippen LogP contribution in [0.3, 0.4) is 0 Å². The van der Waals surface area contributed by atoms with E-state index < -0.39 is 11.5 Å². The van der Waals surface area contributed by atoms with Crippen LogP contribution in [0.4, 0.5) is 0 Å². The van der Waals surface area contributed by atoms with E-state index in [0.717, 1.165) is 0 Å². The number of nitrogens with two attached hydrogens (primary N) is 1. The normalized spacial score (nSPS) is 17.6. The maximum Gasteiger partial charge on any atom is 0.312 e. The SMILES string of the molecule is COC(=O)C(C)(CN)CCC(C)O. The standard InChI is InChI=1S/C9H19NO3/c1-7(11)4-5-9(2,6-10)8(12)13-3/h7,11H,4-6,10H2,1-3H3. The van der Waals surface area contributed by atoms with Crippen molar-refractivity contribution in [3.05, 3.63) is 0 Å². The minimum absolute atomic E-state index is 0.242. The molecule has 0 heterocycles. The fraction of sp³-hybridized carbons (Fsp3) is 0.889. The maximum absolute atomic E-state index is 11.3. The van der Waals surface area contributed by atoms with Crippen molar-refractivity contribution < 1.29 is 14.6 Å². The zero-order valence-electron chi connectivity index (χ0n) is 8.54. The first-order valence-corrected chi connectivity index (χ1v) is 4.43. The second-order valence-corrected chi connectivity index (χ2v) is 3.64. The van der Waals surface area contributed by atoms with Crippen molar-refractivity contribution in [2.24, 2.45) is 11.1 Å². The van der Waals surface area contributed by atoms with Gasteiger partial charge >= 0.3 is 5.97 Å². The zero-order valence-corrected chi connectivity index (χ0v) is 8.54. The number of rotatable bonds is 5. The van der Waals surface area contributed by atoms with Gasteiger partial charge in [-0.15, -0.1) is 0 Å². The average molecular weight is 189 g/mol. The summed E-state index contributed by atoms with van der Waals surface area (Å²) >= 11 is 0. The molecule has 0 aliphatic rings. The molecular weight excluding hydrogens is 170 g/mol. The number of aliphatic hydroxyl groups excluding tert-OH is 1. The van der Waals surface area contributed by atoms with Gasteiger partial charge in [0, 0.05) is 6.54 Å². The summed E-state index contributed by atoms with van der Waals surface area (Å²) in [6, 6.07) is 0. The second kappa shape index (κ2) is 5.19. The van der Waals surface area contributed by atoms with E-state index in [9.17, 15) is 4.79 Å². The molecule has 0 rings (SSSR count). The van der Waals surface area contributed by atoms with Crippen molar-refractivity contribution >= 4 is 5.97 Å². The topological polar surface area (TPSA) is 72.5 Å². The molecule has 0 aliphatic carbocycles. The fourth-order valence-corrected chi connectivity index (χ4v) is 1.06. The summed E-state index contributed by atoms with van der Waals surface area (Å²) in [6.45, 7) is 3.68. The highest BCUT2D eigenvalue weighted by atomic mass is 16.5. The highest BCUT2D eigenvalue weighted by Gasteiger charge is 2.32. The van der Waals surface area contributed by atoms with E-state index in [1.807, 2.05) is 0 Å². The van der Waals surface area contributed by atoms with Gasteiger partial charge in [-0.1, -0.05) is 0 Å². The molecule has 0 radical (unpaired) electrons. The van der Waals surface area contributed by atoms with Crippen molar-refractivity contribution in [3.8, 4) is 0 Å². The number of esters is 1. The van der Waals surface area contributed by atoms with Crippen molar-refractivity contribution in [2.75, 3.05) is 13.7 Å². The maximum atomic E-state index is 11.3. The Labute approximate surface area is 79.1 Å². The van der Waals surface area contributed by atoms with Crippen LogP contribution in [-0.4, -0.2) is 30.8 Å². The van der Waals surface area contributed by atoms with Gasteiger partial charge < -0.3 is 15.6 Å². The van der Waals surface area contributed by atoms with Crippen LogP contribution in [-0.2, 0) is 9.53 Å². The van der Waals surface area contributed by atoms with Gasteiger partial charge in [0.1, 0.15) is 0 Å². The van der Waals surface area contributed by atoms with Gasteiger partial charge in [-0.3, -0.25) is 4.79 Å². The number of carbonyl (C=O) groups is 1. The first-order chi connectivity index (χ1) is 5.96. The van der Waals surface area contributed by atoms with Gasteiger partial charge in [-0.25, -0.2) is 0 Å². The Balaban J connectivity index is 4.19. The van der Waals surface area contributed by atoms with Crippen LogP contribution < -0.4 is 5.73 Å². The summed E-state index contributed by atoms with van der Waals surface area (Å²) in [7, 11) is 1.35. The highest BCUT2D eigenvalue weighted by Crippen LogP contribution is 2.24. The van der Waals surface area contributed by atoms with Gasteiger partial charge in [0.15, 0.2) is 0 Å². The van der Waals surface area contributed by atoms with E-state index in [0.29, 0.717) is 12.8 Å². The van der Waals surface area contributed by atoms with E-state index in [-0.39, 0.29) is 12.5 Å². The summed E-state index contributed by atoms with van der Waals surface area (Å²) in [6.07, 6.45) is 0.701. The second-order valence-electron chi connectivity index (χ2n) is 3.64. The minimum atomic E-state index is -0.661. The Morgan fingerprint density at radius 1 is 1.69 bits per heavy atom. The van der Waals surface area contributed by atoms with Crippen LogP contribution in [0.25, 0.3) is 0 Å². The summed E-state index contributed by atoms with van der Waals surface area (Å²) in [4.78, 5) is 11.3. The molecule has 3 N–H and O–H groups in total. The van der Waals surface area contributed by atoms with E-state index in [2.05, 4.69) is 4.74 Å². The molecule has 0 aromatic rings. The first kappa shape index (κ1) is 12.4. The van der Waals surface area contributed by atoms with Gasteiger partial charge in [0.05, 0.1) is 18.6 Å². The van der Waals surface area contributed by atoms with Crippen LogP contribution in [0.5, 0.6) is 0 Å². The zero-order chi connectivity index (χ0) is 10.5. The predicted octanol–water partition coefficient (Wildman–Crippen LogP) is 0.285. The number of hydrogen-bond acceptors (Lipinski definition) is 4. The molecule has 4 nitrogen and oxygen atoms in total. The fourth-order valence-electron chi connectivity index (χ4n) is 1.06. The molecule has 13 heavy (non-hydrogen) atoms. The lowest BCUT2D eigenvalue weighted by Crippen LogP contribution is -2.37.